The van der Waals surface area contributed by atoms with Gasteiger partial charge < -0.3 is 10.1 Å². The minimum atomic E-state index is -3.67. The molecule has 1 saturated heterocycles. The lowest BCUT2D eigenvalue weighted by Crippen LogP contribution is -2.36. The highest BCUT2D eigenvalue weighted by atomic mass is 32.2. The Morgan fingerprint density at radius 3 is 2.60 bits per heavy atom. The molecule has 3 aromatic rings. The minimum absolute atomic E-state index is 0.0862. The van der Waals surface area contributed by atoms with Crippen molar-refractivity contribution in [2.45, 2.75) is 29.2 Å². The van der Waals surface area contributed by atoms with Gasteiger partial charge in [-0.05, 0) is 48.1 Å². The smallest absolute Gasteiger partial charge is 0.271 e. The molecule has 2 aromatic carbocycles. The van der Waals surface area contributed by atoms with Crippen LogP contribution in [0.15, 0.2) is 76.3 Å². The van der Waals surface area contributed by atoms with E-state index >= 15 is 0 Å². The van der Waals surface area contributed by atoms with Crippen molar-refractivity contribution in [3.63, 3.8) is 0 Å². The van der Waals surface area contributed by atoms with Crippen molar-refractivity contribution in [3.8, 4) is 0 Å². The Morgan fingerprint density at radius 2 is 1.90 bits per heavy atom. The van der Waals surface area contributed by atoms with Crippen LogP contribution in [0.1, 0.15) is 34.8 Å². The van der Waals surface area contributed by atoms with Crippen molar-refractivity contribution >= 4 is 33.0 Å². The number of carbonyl (C=O) groups excluding carboxylic acids is 1. The van der Waals surface area contributed by atoms with Gasteiger partial charge in [0.05, 0.1) is 12.1 Å². The predicted molar refractivity (Wildman–Crippen MR) is 117 cm³/mol. The maximum absolute atomic E-state index is 13.0. The summed E-state index contributed by atoms with van der Waals surface area (Å²) in [5, 5.41) is 4.77. The fourth-order valence-corrected chi connectivity index (χ4v) is 5.53. The SMILES string of the molecule is O=C(NC(c1ccccc1)C1CCCO1)c1cccc(NS(=O)(=O)c2cccs2)c1. The van der Waals surface area contributed by atoms with Crippen LogP contribution in [0.25, 0.3) is 0 Å². The number of hydrogen-bond acceptors (Lipinski definition) is 5. The summed E-state index contributed by atoms with van der Waals surface area (Å²) in [6.45, 7) is 0.684. The largest absolute Gasteiger partial charge is 0.376 e. The van der Waals surface area contributed by atoms with E-state index in [1.807, 2.05) is 30.3 Å². The lowest BCUT2D eigenvalue weighted by atomic mass is 9.99. The summed E-state index contributed by atoms with van der Waals surface area (Å²) in [5.41, 5.74) is 1.69. The molecule has 1 fully saturated rings. The van der Waals surface area contributed by atoms with Gasteiger partial charge in [-0.25, -0.2) is 8.42 Å². The summed E-state index contributed by atoms with van der Waals surface area (Å²) in [7, 11) is -3.67. The number of ether oxygens (including phenoxy) is 1. The molecule has 0 radical (unpaired) electrons. The number of hydrogen-bond donors (Lipinski definition) is 2. The summed E-state index contributed by atoms with van der Waals surface area (Å²) in [6, 6.07) is 19.2. The number of carbonyl (C=O) groups is 1. The Kier molecular flexibility index (Phi) is 6.17. The van der Waals surface area contributed by atoms with Crippen molar-refractivity contribution in [1.29, 1.82) is 0 Å². The average Bonchev–Trinajstić information content (AvgIpc) is 3.47. The van der Waals surface area contributed by atoms with Crippen LogP contribution < -0.4 is 10.0 Å². The first kappa shape index (κ1) is 20.6. The molecule has 8 heteroatoms. The molecule has 1 aliphatic rings. The topological polar surface area (TPSA) is 84.5 Å². The predicted octanol–water partition coefficient (Wildman–Crippen LogP) is 4.20. The van der Waals surface area contributed by atoms with Crippen LogP contribution in [0.3, 0.4) is 0 Å². The van der Waals surface area contributed by atoms with Crippen LogP contribution >= 0.6 is 11.3 Å². The van der Waals surface area contributed by atoms with E-state index in [0.717, 1.165) is 29.7 Å². The van der Waals surface area contributed by atoms with E-state index in [1.54, 1.807) is 29.6 Å². The summed E-state index contributed by atoms with van der Waals surface area (Å²) in [5.74, 6) is -0.281. The zero-order valence-corrected chi connectivity index (χ0v) is 17.8. The Labute approximate surface area is 180 Å². The maximum atomic E-state index is 13.0. The second-order valence-electron chi connectivity index (χ2n) is 7.03. The lowest BCUT2D eigenvalue weighted by molar-refractivity contribution is 0.0672. The van der Waals surface area contributed by atoms with Gasteiger partial charge in [-0.2, -0.15) is 0 Å². The number of rotatable bonds is 7. The zero-order valence-electron chi connectivity index (χ0n) is 16.2. The first-order valence-electron chi connectivity index (χ1n) is 9.67. The quantitative estimate of drug-likeness (QED) is 0.574. The number of anilines is 1. The van der Waals surface area contributed by atoms with Gasteiger partial charge in [-0.15, -0.1) is 11.3 Å². The zero-order chi connectivity index (χ0) is 21.0. The number of benzene rings is 2. The molecule has 1 amide bonds. The van der Waals surface area contributed by atoms with Gasteiger partial charge in [-0.3, -0.25) is 9.52 Å². The van der Waals surface area contributed by atoms with Crippen LogP contribution in [0.4, 0.5) is 5.69 Å². The minimum Gasteiger partial charge on any atom is -0.376 e. The summed E-state index contributed by atoms with van der Waals surface area (Å²) < 4.78 is 33.5. The van der Waals surface area contributed by atoms with Gasteiger partial charge in [0.15, 0.2) is 0 Å². The molecule has 0 aliphatic carbocycles. The molecule has 0 saturated carbocycles. The summed E-state index contributed by atoms with van der Waals surface area (Å²) in [4.78, 5) is 13.0. The van der Waals surface area contributed by atoms with Crippen LogP contribution in [0.2, 0.25) is 0 Å². The highest BCUT2D eigenvalue weighted by molar-refractivity contribution is 7.94. The third-order valence-corrected chi connectivity index (χ3v) is 7.70. The fourth-order valence-electron chi connectivity index (χ4n) is 3.49. The highest BCUT2D eigenvalue weighted by Crippen LogP contribution is 2.27. The van der Waals surface area contributed by atoms with Crippen LogP contribution in [-0.2, 0) is 14.8 Å². The molecule has 2 unspecified atom stereocenters. The molecule has 2 atom stereocenters. The van der Waals surface area contributed by atoms with Gasteiger partial charge >= 0.3 is 0 Å². The number of nitrogens with one attached hydrogen (secondary N) is 2. The van der Waals surface area contributed by atoms with Gasteiger partial charge in [0, 0.05) is 17.9 Å². The average molecular weight is 443 g/mol. The van der Waals surface area contributed by atoms with E-state index in [0.29, 0.717) is 17.9 Å². The van der Waals surface area contributed by atoms with Crippen LogP contribution in [-0.4, -0.2) is 27.0 Å². The standard InChI is InChI=1S/C22H22N2O4S2/c25-22(23-21(19-11-5-13-28-19)16-7-2-1-3-8-16)17-9-4-10-18(15-17)24-30(26,27)20-12-6-14-29-20/h1-4,6-10,12,14-15,19,21,24H,5,11,13H2,(H,23,25). The van der Waals surface area contributed by atoms with Gasteiger partial charge in [0.1, 0.15) is 4.21 Å². The van der Waals surface area contributed by atoms with E-state index in [9.17, 15) is 13.2 Å². The van der Waals surface area contributed by atoms with Crippen molar-refractivity contribution in [1.82, 2.24) is 5.32 Å². The fraction of sp³-hybridized carbons (Fsp3) is 0.227. The third kappa shape index (κ3) is 4.72. The molecule has 4 rings (SSSR count). The second-order valence-corrected chi connectivity index (χ2v) is 9.89. The second kappa shape index (κ2) is 8.99. The number of sulfonamides is 1. The number of amides is 1. The normalized spacial score (nSPS) is 17.4. The Hall–Kier alpha value is -2.68. The molecule has 6 nitrogen and oxygen atoms in total. The van der Waals surface area contributed by atoms with E-state index < -0.39 is 10.0 Å². The van der Waals surface area contributed by atoms with Crippen molar-refractivity contribution in [3.05, 3.63) is 83.2 Å². The molecule has 2 heterocycles. The van der Waals surface area contributed by atoms with E-state index in [4.69, 9.17) is 4.74 Å². The summed E-state index contributed by atoms with van der Waals surface area (Å²) in [6.07, 6.45) is 1.75. The molecule has 30 heavy (non-hydrogen) atoms. The number of thiophene rings is 1. The first-order chi connectivity index (χ1) is 14.5. The Morgan fingerprint density at radius 1 is 1.07 bits per heavy atom. The molecule has 1 aromatic heterocycles. The van der Waals surface area contributed by atoms with Gasteiger partial charge in [0.2, 0.25) is 0 Å². The van der Waals surface area contributed by atoms with E-state index in [2.05, 4.69) is 10.0 Å². The van der Waals surface area contributed by atoms with Crippen molar-refractivity contribution in [2.75, 3.05) is 11.3 Å². The Bertz CT molecular complexity index is 1090. The lowest BCUT2D eigenvalue weighted by Gasteiger charge is -2.25. The Balaban J connectivity index is 1.53. The van der Waals surface area contributed by atoms with Crippen molar-refractivity contribution in [2.24, 2.45) is 0 Å². The summed E-state index contributed by atoms with van der Waals surface area (Å²) >= 11 is 1.14. The molecule has 0 spiro atoms. The van der Waals surface area contributed by atoms with E-state index in [1.165, 1.54) is 12.1 Å². The highest BCUT2D eigenvalue weighted by Gasteiger charge is 2.29. The first-order valence-corrected chi connectivity index (χ1v) is 12.0. The molecular formula is C22H22N2O4S2. The van der Waals surface area contributed by atoms with E-state index in [-0.39, 0.29) is 22.3 Å². The molecule has 1 aliphatic heterocycles. The van der Waals surface area contributed by atoms with Gasteiger partial charge in [-0.1, -0.05) is 42.5 Å². The monoisotopic (exact) mass is 442 g/mol. The van der Waals surface area contributed by atoms with Crippen LogP contribution in [0, 0.1) is 0 Å². The molecule has 0 bridgehead atoms. The molecule has 2 N–H and O–H groups in total. The van der Waals surface area contributed by atoms with Crippen molar-refractivity contribution < 1.29 is 17.9 Å². The molecule has 156 valence electrons. The van der Waals surface area contributed by atoms with Gasteiger partial charge in [0.25, 0.3) is 15.9 Å². The molecular weight excluding hydrogens is 420 g/mol. The third-order valence-electron chi connectivity index (χ3n) is 4.92. The van der Waals surface area contributed by atoms with Crippen LogP contribution in [0.5, 0.6) is 0 Å². The maximum Gasteiger partial charge on any atom is 0.271 e.